The van der Waals surface area contributed by atoms with E-state index in [0.717, 1.165) is 26.0 Å². The molecule has 20 heavy (non-hydrogen) atoms. The number of nitrogens with two attached hydrogens (primary N) is 1. The van der Waals surface area contributed by atoms with Gasteiger partial charge < -0.3 is 20.5 Å². The maximum Gasteiger partial charge on any atom is 0.344 e. The van der Waals surface area contributed by atoms with Crippen molar-refractivity contribution < 1.29 is 14.3 Å². The first kappa shape index (κ1) is 15.1. The van der Waals surface area contributed by atoms with Gasteiger partial charge in [0, 0.05) is 19.1 Å². The summed E-state index contributed by atoms with van der Waals surface area (Å²) in [7, 11) is 0. The van der Waals surface area contributed by atoms with E-state index in [4.69, 9.17) is 15.2 Å². The Morgan fingerprint density at radius 1 is 1.60 bits per heavy atom. The minimum absolute atomic E-state index is 0.227. The summed E-state index contributed by atoms with van der Waals surface area (Å²) < 4.78 is 14.7. The molecule has 112 valence electrons. The maximum absolute atomic E-state index is 11.9. The molecule has 1 saturated heterocycles. The summed E-state index contributed by atoms with van der Waals surface area (Å²) in [4.78, 5) is 11.9. The van der Waals surface area contributed by atoms with Crippen LogP contribution in [0.4, 0.5) is 10.8 Å². The molecule has 0 radical (unpaired) electrons. The molecule has 0 aliphatic carbocycles. The van der Waals surface area contributed by atoms with Crippen molar-refractivity contribution in [3.8, 4) is 0 Å². The lowest BCUT2D eigenvalue weighted by Gasteiger charge is -2.17. The van der Waals surface area contributed by atoms with Crippen LogP contribution in [0, 0.1) is 5.92 Å². The Balaban J connectivity index is 2.01. The van der Waals surface area contributed by atoms with Gasteiger partial charge in [-0.05, 0) is 31.3 Å². The highest BCUT2D eigenvalue weighted by molar-refractivity contribution is 7.11. The third-order valence-electron chi connectivity index (χ3n) is 3.47. The van der Waals surface area contributed by atoms with E-state index < -0.39 is 5.97 Å². The van der Waals surface area contributed by atoms with Crippen LogP contribution in [-0.4, -0.2) is 36.2 Å². The fourth-order valence-electron chi connectivity index (χ4n) is 2.42. The zero-order chi connectivity index (χ0) is 14.5. The minimum atomic E-state index is -0.420. The molecule has 0 bridgehead atoms. The molecule has 1 aliphatic heterocycles. The van der Waals surface area contributed by atoms with Gasteiger partial charge in [-0.25, -0.2) is 4.79 Å². The van der Waals surface area contributed by atoms with E-state index in [1.54, 1.807) is 6.92 Å². The summed E-state index contributed by atoms with van der Waals surface area (Å²) in [5.74, 6) is 0.264. The number of rotatable bonds is 6. The molecule has 2 heterocycles. The number of ether oxygens (including phenoxy) is 2. The summed E-state index contributed by atoms with van der Waals surface area (Å²) in [6.45, 7) is 5.77. The number of carbonyl (C=O) groups is 1. The summed E-state index contributed by atoms with van der Waals surface area (Å²) >= 11 is 1.19. The fourth-order valence-corrected chi connectivity index (χ4v) is 3.13. The molecule has 6 nitrogen and oxygen atoms in total. The largest absolute Gasteiger partial charge is 0.462 e. The Morgan fingerprint density at radius 2 is 2.40 bits per heavy atom. The van der Waals surface area contributed by atoms with Crippen LogP contribution < -0.4 is 11.1 Å². The second-order valence-electron chi connectivity index (χ2n) is 4.74. The van der Waals surface area contributed by atoms with E-state index in [9.17, 15) is 4.79 Å². The van der Waals surface area contributed by atoms with Crippen LogP contribution in [-0.2, 0) is 9.47 Å². The van der Waals surface area contributed by atoms with E-state index in [-0.39, 0.29) is 5.82 Å². The molecule has 0 spiro atoms. The first-order valence-corrected chi connectivity index (χ1v) is 7.72. The predicted molar refractivity (Wildman–Crippen MR) is 79.1 cm³/mol. The Morgan fingerprint density at radius 3 is 3.10 bits per heavy atom. The Bertz CT molecular complexity index is 464. The predicted octanol–water partition coefficient (Wildman–Crippen LogP) is 2.13. The summed E-state index contributed by atoms with van der Waals surface area (Å²) in [6, 6.07) is 0. The van der Waals surface area contributed by atoms with E-state index in [0.29, 0.717) is 29.2 Å². The van der Waals surface area contributed by atoms with Gasteiger partial charge in [-0.2, -0.15) is 4.37 Å². The number of esters is 1. The standard InChI is InChI=1S/C13H21N3O3S/c1-3-9-8(5-6-19-9)7-15-12-10(11(14)16-20-12)13(17)18-4-2/h8-9,15H,3-7H2,1-2H3,(H2,14,16). The van der Waals surface area contributed by atoms with Gasteiger partial charge >= 0.3 is 5.97 Å². The van der Waals surface area contributed by atoms with Gasteiger partial charge in [-0.1, -0.05) is 6.92 Å². The lowest BCUT2D eigenvalue weighted by Crippen LogP contribution is -2.23. The number of carbonyl (C=O) groups excluding carboxylic acids is 1. The van der Waals surface area contributed by atoms with Gasteiger partial charge in [0.15, 0.2) is 5.82 Å². The van der Waals surface area contributed by atoms with Crippen molar-refractivity contribution in [1.29, 1.82) is 0 Å². The fraction of sp³-hybridized carbons (Fsp3) is 0.692. The van der Waals surface area contributed by atoms with Crippen LogP contribution in [0.25, 0.3) is 0 Å². The molecule has 1 aromatic heterocycles. The SMILES string of the molecule is CCOC(=O)c1c(N)nsc1NCC1CCOC1CC. The zero-order valence-corrected chi connectivity index (χ0v) is 12.7. The molecule has 0 aromatic carbocycles. The van der Waals surface area contributed by atoms with Gasteiger partial charge in [0.25, 0.3) is 0 Å². The second kappa shape index (κ2) is 6.90. The molecular weight excluding hydrogens is 278 g/mol. The number of anilines is 2. The van der Waals surface area contributed by atoms with Crippen molar-refractivity contribution in [1.82, 2.24) is 4.37 Å². The lowest BCUT2D eigenvalue weighted by atomic mass is 10.00. The monoisotopic (exact) mass is 299 g/mol. The lowest BCUT2D eigenvalue weighted by molar-refractivity contribution is 0.0529. The van der Waals surface area contributed by atoms with Crippen molar-refractivity contribution in [2.75, 3.05) is 30.8 Å². The first-order valence-electron chi connectivity index (χ1n) is 6.95. The molecule has 0 amide bonds. The van der Waals surface area contributed by atoms with E-state index in [2.05, 4.69) is 16.6 Å². The average molecular weight is 299 g/mol. The topological polar surface area (TPSA) is 86.5 Å². The molecule has 3 N–H and O–H groups in total. The number of nitrogen functional groups attached to an aromatic ring is 1. The zero-order valence-electron chi connectivity index (χ0n) is 11.8. The third kappa shape index (κ3) is 3.21. The molecule has 2 unspecified atom stereocenters. The van der Waals surface area contributed by atoms with Crippen LogP contribution in [0.15, 0.2) is 0 Å². The van der Waals surface area contributed by atoms with E-state index in [1.807, 2.05) is 0 Å². The highest BCUT2D eigenvalue weighted by Gasteiger charge is 2.27. The Labute approximate surface area is 122 Å². The van der Waals surface area contributed by atoms with E-state index in [1.165, 1.54) is 11.5 Å². The van der Waals surface area contributed by atoms with Crippen molar-refractivity contribution in [3.05, 3.63) is 5.56 Å². The van der Waals surface area contributed by atoms with Crippen molar-refractivity contribution in [2.24, 2.45) is 5.92 Å². The summed E-state index contributed by atoms with van der Waals surface area (Å²) in [6.07, 6.45) is 2.33. The number of hydrogen-bond acceptors (Lipinski definition) is 7. The van der Waals surface area contributed by atoms with Crippen LogP contribution in [0.3, 0.4) is 0 Å². The van der Waals surface area contributed by atoms with Crippen molar-refractivity contribution in [2.45, 2.75) is 32.8 Å². The quantitative estimate of drug-likeness (QED) is 0.783. The smallest absolute Gasteiger partial charge is 0.344 e. The first-order chi connectivity index (χ1) is 9.67. The molecule has 2 rings (SSSR count). The van der Waals surface area contributed by atoms with Gasteiger partial charge in [-0.15, -0.1) is 0 Å². The minimum Gasteiger partial charge on any atom is -0.462 e. The van der Waals surface area contributed by atoms with Gasteiger partial charge in [0.1, 0.15) is 10.6 Å². The Kier molecular flexibility index (Phi) is 5.19. The second-order valence-corrected chi connectivity index (χ2v) is 5.51. The highest BCUT2D eigenvalue weighted by atomic mass is 32.1. The number of aromatic nitrogens is 1. The average Bonchev–Trinajstić information content (AvgIpc) is 3.02. The molecule has 1 aromatic rings. The highest BCUT2D eigenvalue weighted by Crippen LogP contribution is 2.29. The molecule has 1 aliphatic rings. The molecular formula is C13H21N3O3S. The molecule has 1 fully saturated rings. The Hall–Kier alpha value is -1.34. The molecule has 2 atom stereocenters. The normalized spacial score (nSPS) is 21.9. The third-order valence-corrected chi connectivity index (χ3v) is 4.29. The van der Waals surface area contributed by atoms with E-state index >= 15 is 0 Å². The van der Waals surface area contributed by atoms with Crippen LogP contribution in [0.2, 0.25) is 0 Å². The summed E-state index contributed by atoms with van der Waals surface area (Å²) in [5, 5.41) is 3.96. The number of nitrogens with one attached hydrogen (secondary N) is 1. The van der Waals surface area contributed by atoms with Gasteiger partial charge in [-0.3, -0.25) is 0 Å². The van der Waals surface area contributed by atoms with Crippen molar-refractivity contribution in [3.63, 3.8) is 0 Å². The van der Waals surface area contributed by atoms with Gasteiger partial charge in [0.2, 0.25) is 0 Å². The van der Waals surface area contributed by atoms with Gasteiger partial charge in [0.05, 0.1) is 12.7 Å². The van der Waals surface area contributed by atoms with Crippen LogP contribution in [0.1, 0.15) is 37.0 Å². The number of hydrogen-bond donors (Lipinski definition) is 2. The maximum atomic E-state index is 11.9. The van der Waals surface area contributed by atoms with Crippen LogP contribution >= 0.6 is 11.5 Å². The molecule has 7 heteroatoms. The van der Waals surface area contributed by atoms with Crippen LogP contribution in [0.5, 0.6) is 0 Å². The molecule has 0 saturated carbocycles. The number of nitrogens with zero attached hydrogens (tertiary/aromatic N) is 1. The summed E-state index contributed by atoms with van der Waals surface area (Å²) in [5.41, 5.74) is 6.09. The van der Waals surface area contributed by atoms with Crippen molar-refractivity contribution >= 4 is 28.3 Å².